The number of nitrogens with one attached hydrogen (secondary N) is 4. The van der Waals surface area contributed by atoms with Crippen molar-refractivity contribution in [2.24, 2.45) is 5.92 Å². The fourth-order valence-corrected chi connectivity index (χ4v) is 6.33. The van der Waals surface area contributed by atoms with Gasteiger partial charge in [-0.1, -0.05) is 12.8 Å². The molecule has 4 aromatic rings. The van der Waals surface area contributed by atoms with Crippen molar-refractivity contribution < 1.29 is 9.59 Å². The summed E-state index contributed by atoms with van der Waals surface area (Å²) in [6, 6.07) is 13.9. The number of carbonyl (C=O) groups is 2. The molecule has 0 spiro atoms. The summed E-state index contributed by atoms with van der Waals surface area (Å²) in [5.74, 6) is 1.35. The van der Waals surface area contributed by atoms with Crippen LogP contribution in [0.5, 0.6) is 0 Å². The number of likely N-dealkylation sites (tertiary alicyclic amines) is 1. The molecule has 1 atom stereocenters. The molecule has 1 aromatic carbocycles. The number of aromatic nitrogens is 5. The maximum atomic E-state index is 12.7. The summed E-state index contributed by atoms with van der Waals surface area (Å²) in [7, 11) is 0. The van der Waals surface area contributed by atoms with Crippen LogP contribution in [0.1, 0.15) is 43.5 Å². The average molecular weight is 574 g/mol. The Morgan fingerprint density at radius 3 is 2.61 bits per heavy atom. The van der Waals surface area contributed by atoms with Gasteiger partial charge in [-0.25, -0.2) is 4.98 Å². The number of amides is 2. The van der Waals surface area contributed by atoms with E-state index in [0.29, 0.717) is 29.5 Å². The zero-order valence-electron chi connectivity index (χ0n) is 23.3. The third-order valence-corrected chi connectivity index (χ3v) is 8.56. The Morgan fingerprint density at radius 1 is 1.05 bits per heavy atom. The van der Waals surface area contributed by atoms with E-state index in [1.54, 1.807) is 0 Å². The molecule has 1 saturated heterocycles. The van der Waals surface area contributed by atoms with E-state index < -0.39 is 0 Å². The zero-order chi connectivity index (χ0) is 28.3. The molecule has 1 aliphatic carbocycles. The number of nitrogens with zero attached hydrogens (tertiary/aromatic N) is 5. The van der Waals surface area contributed by atoms with Crippen molar-refractivity contribution in [3.63, 3.8) is 0 Å². The zero-order valence-corrected chi connectivity index (χ0v) is 24.1. The van der Waals surface area contributed by atoms with E-state index in [1.165, 1.54) is 24.6 Å². The number of carbonyl (C=O) groups excluding carboxylic acids is 2. The van der Waals surface area contributed by atoms with Gasteiger partial charge < -0.3 is 16.0 Å². The lowest BCUT2D eigenvalue weighted by atomic mass is 10.1. The van der Waals surface area contributed by atoms with Crippen LogP contribution in [0.25, 0.3) is 5.65 Å². The molecule has 2 aliphatic rings. The van der Waals surface area contributed by atoms with Crippen LogP contribution in [-0.2, 0) is 9.59 Å². The lowest BCUT2D eigenvalue weighted by molar-refractivity contribution is -0.125. The third kappa shape index (κ3) is 6.54. The summed E-state index contributed by atoms with van der Waals surface area (Å²) in [4.78, 5) is 37.8. The highest BCUT2D eigenvalue weighted by Gasteiger charge is 2.31. The van der Waals surface area contributed by atoms with Gasteiger partial charge in [0, 0.05) is 40.6 Å². The molecule has 4 heterocycles. The maximum absolute atomic E-state index is 12.7. The molecule has 41 heavy (non-hydrogen) atoms. The van der Waals surface area contributed by atoms with Gasteiger partial charge in [-0.3, -0.25) is 24.0 Å². The molecule has 11 nitrogen and oxygen atoms in total. The highest BCUT2D eigenvalue weighted by Crippen LogP contribution is 2.29. The van der Waals surface area contributed by atoms with Crippen LogP contribution in [0.2, 0.25) is 0 Å². The van der Waals surface area contributed by atoms with Gasteiger partial charge in [-0.2, -0.15) is 10.1 Å². The van der Waals surface area contributed by atoms with Gasteiger partial charge in [0.1, 0.15) is 5.65 Å². The normalized spacial score (nSPS) is 17.8. The minimum absolute atomic E-state index is 0.0315. The van der Waals surface area contributed by atoms with E-state index in [0.717, 1.165) is 53.4 Å². The SMILES string of the molecule is Cc1cc(Nc2nc(Sc3ccc(NC(=O)CN4CC[C@@H](C(=O)NC5CCCC5)C4)cc3)nc3ccc(C)n23)n[nH]1. The summed E-state index contributed by atoms with van der Waals surface area (Å²) >= 11 is 1.45. The van der Waals surface area contributed by atoms with E-state index in [9.17, 15) is 9.59 Å². The molecule has 2 amide bonds. The smallest absolute Gasteiger partial charge is 0.238 e. The number of H-pyrrole nitrogens is 1. The number of fused-ring (bicyclic) bond motifs is 1. The Labute approximate surface area is 242 Å². The molecule has 4 N–H and O–H groups in total. The standard InChI is InChI=1S/C29H35N9O2S/c1-18-15-24(36-35-18)32-28-34-29(33-25-12-7-19(2)38(25)28)41-23-10-8-22(9-11-23)30-26(39)17-37-14-13-20(16-37)27(40)31-21-5-3-4-6-21/h7-12,15,20-21H,3-6,13-14,16-17H2,1-2H3,(H,30,39)(H,31,40)(H2,32,33,34,35,36)/t20-/m1/s1. The van der Waals surface area contributed by atoms with Gasteiger partial charge in [-0.05, 0) is 87.8 Å². The molecule has 214 valence electrons. The molecule has 1 saturated carbocycles. The van der Waals surface area contributed by atoms with Gasteiger partial charge in [0.2, 0.25) is 17.8 Å². The van der Waals surface area contributed by atoms with Crippen molar-refractivity contribution in [2.75, 3.05) is 30.3 Å². The first-order chi connectivity index (χ1) is 19.9. The van der Waals surface area contributed by atoms with Crippen LogP contribution in [0.3, 0.4) is 0 Å². The largest absolute Gasteiger partial charge is 0.353 e. The number of rotatable bonds is 9. The first-order valence-electron chi connectivity index (χ1n) is 14.2. The predicted molar refractivity (Wildman–Crippen MR) is 158 cm³/mol. The van der Waals surface area contributed by atoms with Crippen molar-refractivity contribution in [2.45, 2.75) is 62.0 Å². The quantitative estimate of drug-likeness (QED) is 0.233. The van der Waals surface area contributed by atoms with Gasteiger partial charge in [0.25, 0.3) is 0 Å². The molecule has 12 heteroatoms. The van der Waals surface area contributed by atoms with Crippen molar-refractivity contribution >= 4 is 46.7 Å². The molecular weight excluding hydrogens is 538 g/mol. The van der Waals surface area contributed by atoms with Gasteiger partial charge in [0.05, 0.1) is 12.5 Å². The summed E-state index contributed by atoms with van der Waals surface area (Å²) in [6.07, 6.45) is 5.36. The number of anilines is 3. The topological polar surface area (TPSA) is 132 Å². The first kappa shape index (κ1) is 27.3. The van der Waals surface area contributed by atoms with Crippen LogP contribution < -0.4 is 16.0 Å². The van der Waals surface area contributed by atoms with Crippen molar-refractivity contribution in [1.29, 1.82) is 0 Å². The maximum Gasteiger partial charge on any atom is 0.238 e. The molecular formula is C29H35N9O2S. The predicted octanol–water partition coefficient (Wildman–Crippen LogP) is 4.28. The highest BCUT2D eigenvalue weighted by molar-refractivity contribution is 7.99. The summed E-state index contributed by atoms with van der Waals surface area (Å²) in [6.45, 7) is 5.62. The number of hydrogen-bond acceptors (Lipinski definition) is 8. The second kappa shape index (κ2) is 11.9. The van der Waals surface area contributed by atoms with Gasteiger partial charge in [-0.15, -0.1) is 0 Å². The van der Waals surface area contributed by atoms with Gasteiger partial charge in [0.15, 0.2) is 11.0 Å². The molecule has 0 bridgehead atoms. The minimum Gasteiger partial charge on any atom is -0.353 e. The molecule has 1 aliphatic heterocycles. The fraction of sp³-hybridized carbons (Fsp3) is 0.414. The third-order valence-electron chi connectivity index (χ3n) is 7.68. The van der Waals surface area contributed by atoms with Crippen LogP contribution >= 0.6 is 11.8 Å². The Bertz CT molecular complexity index is 1540. The van der Waals surface area contributed by atoms with E-state index in [-0.39, 0.29) is 24.3 Å². The first-order valence-corrected chi connectivity index (χ1v) is 15.0. The van der Waals surface area contributed by atoms with Crippen LogP contribution in [0.4, 0.5) is 17.5 Å². The second-order valence-corrected chi connectivity index (χ2v) is 12.0. The molecule has 0 unspecified atom stereocenters. The Balaban J connectivity index is 1.04. The van der Waals surface area contributed by atoms with Crippen molar-refractivity contribution in [3.05, 3.63) is 53.9 Å². The van der Waals surface area contributed by atoms with Crippen LogP contribution in [0.15, 0.2) is 52.5 Å². The van der Waals surface area contributed by atoms with Crippen molar-refractivity contribution in [1.82, 2.24) is 34.8 Å². The Morgan fingerprint density at radius 2 is 1.85 bits per heavy atom. The average Bonchev–Trinajstić information content (AvgIpc) is 3.75. The van der Waals surface area contributed by atoms with Crippen LogP contribution in [-0.4, -0.2) is 67.0 Å². The summed E-state index contributed by atoms with van der Waals surface area (Å²) in [5, 5.41) is 17.3. The van der Waals surface area contributed by atoms with E-state index >= 15 is 0 Å². The Kier molecular flexibility index (Phi) is 7.93. The van der Waals surface area contributed by atoms with E-state index in [2.05, 4.69) is 31.0 Å². The second-order valence-electron chi connectivity index (χ2n) is 10.9. The number of hydrogen-bond donors (Lipinski definition) is 4. The molecule has 2 fully saturated rings. The molecule has 6 rings (SSSR count). The number of aromatic amines is 1. The number of benzene rings is 1. The monoisotopic (exact) mass is 573 g/mol. The number of aryl methyl sites for hydroxylation is 2. The van der Waals surface area contributed by atoms with Gasteiger partial charge >= 0.3 is 0 Å². The molecule has 0 radical (unpaired) electrons. The minimum atomic E-state index is -0.0797. The van der Waals surface area contributed by atoms with E-state index in [4.69, 9.17) is 9.97 Å². The van der Waals surface area contributed by atoms with E-state index in [1.807, 2.05) is 60.7 Å². The Hall–Kier alpha value is -3.90. The summed E-state index contributed by atoms with van der Waals surface area (Å²) < 4.78 is 1.96. The fourth-order valence-electron chi connectivity index (χ4n) is 5.57. The lowest BCUT2D eigenvalue weighted by Gasteiger charge is -2.17. The van der Waals surface area contributed by atoms with Crippen molar-refractivity contribution in [3.8, 4) is 0 Å². The van der Waals surface area contributed by atoms with Crippen LogP contribution in [0, 0.1) is 19.8 Å². The lowest BCUT2D eigenvalue weighted by Crippen LogP contribution is -2.39. The molecule has 3 aromatic heterocycles. The highest BCUT2D eigenvalue weighted by atomic mass is 32.2. The summed E-state index contributed by atoms with van der Waals surface area (Å²) in [5.41, 5.74) is 3.49.